The molecule has 0 spiro atoms. The van der Waals surface area contributed by atoms with Crippen molar-refractivity contribution in [3.8, 4) is 0 Å². The number of nitrogens with zero attached hydrogens (tertiary/aromatic N) is 2. The molecule has 0 saturated heterocycles. The SMILES string of the molecule is CCCN(CCN(C)C)C(=N)C1CCCCC1. The fourth-order valence-electron chi connectivity index (χ4n) is 2.58. The van der Waals surface area contributed by atoms with Crippen molar-refractivity contribution in [1.82, 2.24) is 9.80 Å². The van der Waals surface area contributed by atoms with Gasteiger partial charge in [0.1, 0.15) is 0 Å². The summed E-state index contributed by atoms with van der Waals surface area (Å²) in [4.78, 5) is 4.51. The summed E-state index contributed by atoms with van der Waals surface area (Å²) in [5.41, 5.74) is 0. The molecule has 1 aliphatic rings. The number of hydrogen-bond donors (Lipinski definition) is 1. The quantitative estimate of drug-likeness (QED) is 0.570. The Morgan fingerprint density at radius 1 is 1.06 bits per heavy atom. The van der Waals surface area contributed by atoms with E-state index in [9.17, 15) is 0 Å². The van der Waals surface area contributed by atoms with Crippen molar-refractivity contribution in [3.63, 3.8) is 0 Å². The largest absolute Gasteiger partial charge is 0.359 e. The normalized spacial score (nSPS) is 17.4. The molecule has 0 radical (unpaired) electrons. The minimum Gasteiger partial charge on any atom is -0.359 e. The van der Waals surface area contributed by atoms with Gasteiger partial charge in [-0.25, -0.2) is 0 Å². The van der Waals surface area contributed by atoms with Gasteiger partial charge in [-0.3, -0.25) is 5.41 Å². The van der Waals surface area contributed by atoms with Crippen LogP contribution in [0.4, 0.5) is 0 Å². The Morgan fingerprint density at radius 2 is 1.71 bits per heavy atom. The van der Waals surface area contributed by atoms with Crippen LogP contribution in [0.15, 0.2) is 0 Å². The van der Waals surface area contributed by atoms with Crippen molar-refractivity contribution < 1.29 is 0 Å². The molecule has 1 saturated carbocycles. The van der Waals surface area contributed by atoms with Crippen LogP contribution in [0.5, 0.6) is 0 Å². The van der Waals surface area contributed by atoms with Crippen LogP contribution in [-0.4, -0.2) is 49.4 Å². The van der Waals surface area contributed by atoms with Crippen molar-refractivity contribution in [2.75, 3.05) is 33.7 Å². The van der Waals surface area contributed by atoms with Crippen LogP contribution in [0.25, 0.3) is 0 Å². The highest BCUT2D eigenvalue weighted by molar-refractivity contribution is 5.81. The second-order valence-corrected chi connectivity index (χ2v) is 5.51. The van der Waals surface area contributed by atoms with E-state index in [0.29, 0.717) is 5.92 Å². The molecule has 1 N–H and O–H groups in total. The van der Waals surface area contributed by atoms with Gasteiger partial charge in [0.25, 0.3) is 0 Å². The standard InChI is InChI=1S/C14H29N3/c1-4-10-17(12-11-16(2)3)14(15)13-8-6-5-7-9-13/h13,15H,4-12H2,1-3H3. The monoisotopic (exact) mass is 239 g/mol. The summed E-state index contributed by atoms with van der Waals surface area (Å²) in [6.07, 6.45) is 7.63. The molecule has 0 bridgehead atoms. The van der Waals surface area contributed by atoms with E-state index in [1.165, 1.54) is 32.1 Å². The minimum atomic E-state index is 0.539. The van der Waals surface area contributed by atoms with Gasteiger partial charge < -0.3 is 9.80 Å². The molecule has 1 aliphatic carbocycles. The molecule has 17 heavy (non-hydrogen) atoms. The van der Waals surface area contributed by atoms with Crippen LogP contribution in [0.3, 0.4) is 0 Å². The van der Waals surface area contributed by atoms with Crippen molar-refractivity contribution >= 4 is 5.84 Å². The van der Waals surface area contributed by atoms with Gasteiger partial charge in [0.05, 0.1) is 5.84 Å². The number of likely N-dealkylation sites (N-methyl/N-ethyl adjacent to an activating group) is 1. The Labute approximate surface area is 107 Å². The third-order valence-electron chi connectivity index (χ3n) is 3.64. The average molecular weight is 239 g/mol. The number of rotatable bonds is 6. The van der Waals surface area contributed by atoms with Crippen LogP contribution in [0, 0.1) is 11.3 Å². The van der Waals surface area contributed by atoms with E-state index in [0.717, 1.165) is 31.9 Å². The maximum atomic E-state index is 8.40. The Morgan fingerprint density at radius 3 is 2.24 bits per heavy atom. The van der Waals surface area contributed by atoms with Crippen LogP contribution >= 0.6 is 0 Å². The molecule has 0 unspecified atom stereocenters. The second-order valence-electron chi connectivity index (χ2n) is 5.51. The molecule has 0 heterocycles. The van der Waals surface area contributed by atoms with Crippen molar-refractivity contribution in [3.05, 3.63) is 0 Å². The summed E-state index contributed by atoms with van der Waals surface area (Å²) in [6.45, 7) is 5.31. The van der Waals surface area contributed by atoms with E-state index in [1.807, 2.05) is 0 Å². The summed E-state index contributed by atoms with van der Waals surface area (Å²) < 4.78 is 0. The third kappa shape index (κ3) is 5.07. The molecule has 0 aromatic heterocycles. The minimum absolute atomic E-state index is 0.539. The molecular formula is C14H29N3. The first-order valence-corrected chi connectivity index (χ1v) is 7.13. The fraction of sp³-hybridized carbons (Fsp3) is 0.929. The topological polar surface area (TPSA) is 30.3 Å². The van der Waals surface area contributed by atoms with E-state index in [2.05, 4.69) is 30.8 Å². The first kappa shape index (κ1) is 14.5. The summed E-state index contributed by atoms with van der Waals surface area (Å²) in [6, 6.07) is 0. The van der Waals surface area contributed by atoms with E-state index < -0.39 is 0 Å². The summed E-state index contributed by atoms with van der Waals surface area (Å²) in [7, 11) is 4.21. The summed E-state index contributed by atoms with van der Waals surface area (Å²) in [5.74, 6) is 1.45. The van der Waals surface area contributed by atoms with Crippen LogP contribution in [0.2, 0.25) is 0 Å². The highest BCUT2D eigenvalue weighted by Gasteiger charge is 2.22. The van der Waals surface area contributed by atoms with Crippen LogP contribution in [-0.2, 0) is 0 Å². The predicted octanol–water partition coefficient (Wildman–Crippen LogP) is 2.82. The lowest BCUT2D eigenvalue weighted by atomic mass is 9.88. The Kier molecular flexibility index (Phi) is 6.56. The van der Waals surface area contributed by atoms with Crippen LogP contribution in [0.1, 0.15) is 45.4 Å². The van der Waals surface area contributed by atoms with Gasteiger partial charge in [-0.05, 0) is 33.4 Å². The van der Waals surface area contributed by atoms with Crippen molar-refractivity contribution in [2.45, 2.75) is 45.4 Å². The molecule has 100 valence electrons. The lowest BCUT2D eigenvalue weighted by Crippen LogP contribution is -2.40. The molecule has 0 atom stereocenters. The Bertz CT molecular complexity index is 220. The van der Waals surface area contributed by atoms with Gasteiger partial charge >= 0.3 is 0 Å². The number of nitrogens with one attached hydrogen (secondary N) is 1. The smallest absolute Gasteiger partial charge is 0.0989 e. The maximum absolute atomic E-state index is 8.40. The molecule has 1 rings (SSSR count). The van der Waals surface area contributed by atoms with E-state index in [4.69, 9.17) is 5.41 Å². The van der Waals surface area contributed by atoms with Gasteiger partial charge in [0.15, 0.2) is 0 Å². The van der Waals surface area contributed by atoms with Crippen molar-refractivity contribution in [2.24, 2.45) is 5.92 Å². The van der Waals surface area contributed by atoms with Gasteiger partial charge in [0.2, 0.25) is 0 Å². The number of hydrogen-bond acceptors (Lipinski definition) is 2. The zero-order valence-electron chi connectivity index (χ0n) is 11.8. The number of amidine groups is 1. The van der Waals surface area contributed by atoms with Gasteiger partial charge in [-0.15, -0.1) is 0 Å². The highest BCUT2D eigenvalue weighted by atomic mass is 15.2. The molecule has 1 fully saturated rings. The van der Waals surface area contributed by atoms with Gasteiger partial charge in [0, 0.05) is 25.6 Å². The Balaban J connectivity index is 2.46. The molecule has 3 nitrogen and oxygen atoms in total. The molecule has 0 aromatic carbocycles. The molecule has 0 aliphatic heterocycles. The second kappa shape index (κ2) is 7.70. The molecule has 0 amide bonds. The summed E-state index contributed by atoms with van der Waals surface area (Å²) >= 11 is 0. The lowest BCUT2D eigenvalue weighted by molar-refractivity contribution is 0.305. The van der Waals surface area contributed by atoms with E-state index in [1.54, 1.807) is 0 Å². The van der Waals surface area contributed by atoms with Gasteiger partial charge in [-0.2, -0.15) is 0 Å². The Hall–Kier alpha value is -0.570. The highest BCUT2D eigenvalue weighted by Crippen LogP contribution is 2.25. The van der Waals surface area contributed by atoms with Crippen LogP contribution < -0.4 is 0 Å². The molecule has 0 aromatic rings. The zero-order chi connectivity index (χ0) is 12.7. The summed E-state index contributed by atoms with van der Waals surface area (Å²) in [5, 5.41) is 8.40. The lowest BCUT2D eigenvalue weighted by Gasteiger charge is -2.32. The maximum Gasteiger partial charge on any atom is 0.0989 e. The molecular weight excluding hydrogens is 210 g/mol. The fourth-order valence-corrected chi connectivity index (χ4v) is 2.58. The zero-order valence-corrected chi connectivity index (χ0v) is 11.8. The van der Waals surface area contributed by atoms with Crippen molar-refractivity contribution in [1.29, 1.82) is 5.41 Å². The average Bonchev–Trinajstić information content (AvgIpc) is 2.34. The first-order valence-electron chi connectivity index (χ1n) is 7.13. The third-order valence-corrected chi connectivity index (χ3v) is 3.64. The van der Waals surface area contributed by atoms with E-state index in [-0.39, 0.29) is 0 Å². The molecule has 3 heteroatoms. The first-order chi connectivity index (χ1) is 8.15. The van der Waals surface area contributed by atoms with Gasteiger partial charge in [-0.1, -0.05) is 26.2 Å². The van der Waals surface area contributed by atoms with E-state index >= 15 is 0 Å². The predicted molar refractivity (Wildman–Crippen MR) is 74.7 cm³/mol.